The van der Waals surface area contributed by atoms with Crippen LogP contribution in [0.5, 0.6) is 0 Å². The average molecular weight is 132 g/mol. The van der Waals surface area contributed by atoms with E-state index in [1.165, 1.54) is 0 Å². The molecule has 0 aromatic heterocycles. The van der Waals surface area contributed by atoms with Crippen molar-refractivity contribution < 1.29 is 0 Å². The molecule has 49 valence electrons. The first-order valence-corrected chi connectivity index (χ1v) is 3.08. The molecule has 0 bridgehead atoms. The maximum atomic E-state index is 4.02. The summed E-state index contributed by atoms with van der Waals surface area (Å²) >= 11 is 0. The molecule has 0 fully saturated rings. The summed E-state index contributed by atoms with van der Waals surface area (Å²) in [5, 5.41) is 5.72. The first-order valence-electron chi connectivity index (χ1n) is 3.08. The van der Waals surface area contributed by atoms with Crippen molar-refractivity contribution in [1.82, 2.24) is 5.01 Å². The van der Waals surface area contributed by atoms with Gasteiger partial charge >= 0.3 is 0 Å². The Morgan fingerprint density at radius 2 is 2.60 bits per heavy atom. The number of hydrazone groups is 1. The molecule has 0 spiro atoms. The van der Waals surface area contributed by atoms with Crippen LogP contribution >= 0.6 is 0 Å². The zero-order chi connectivity index (χ0) is 6.81. The van der Waals surface area contributed by atoms with E-state index in [2.05, 4.69) is 16.2 Å². The number of hydrogen-bond donors (Lipinski definition) is 0. The van der Waals surface area contributed by atoms with Gasteiger partial charge in [-0.1, -0.05) is 0 Å². The predicted octanol–water partition coefficient (Wildman–Crippen LogP) is 0.573. The molecular weight excluding hydrogens is 126 g/mol. The third-order valence-electron chi connectivity index (χ3n) is 1.32. The first kappa shape index (κ1) is 5.41. The third-order valence-corrected chi connectivity index (χ3v) is 1.32. The normalized spacial score (nSPS) is 20.8. The molecule has 2 aliphatic rings. The second-order valence-electron chi connectivity index (χ2n) is 1.99. The van der Waals surface area contributed by atoms with E-state index in [0.717, 1.165) is 12.2 Å². The summed E-state index contributed by atoms with van der Waals surface area (Å²) in [6.07, 6.45) is 10.2. The second-order valence-corrected chi connectivity index (χ2v) is 1.99. The standard InChI is InChI=1S/C7H6N3/c1-2-7-3-5-8-6-10(7)9-4-1/h1,3-4,6H,5H2. The Morgan fingerprint density at radius 3 is 3.50 bits per heavy atom. The number of hydrogen-bond acceptors (Lipinski definition) is 3. The van der Waals surface area contributed by atoms with Crippen molar-refractivity contribution in [2.24, 2.45) is 10.1 Å². The highest BCUT2D eigenvalue weighted by atomic mass is 15.5. The molecule has 0 saturated carbocycles. The number of nitrogens with zero attached hydrogens (tertiary/aromatic N) is 3. The molecule has 3 nitrogen and oxygen atoms in total. The Labute approximate surface area is 59.1 Å². The highest BCUT2D eigenvalue weighted by Gasteiger charge is 2.07. The van der Waals surface area contributed by atoms with Gasteiger partial charge in [0.2, 0.25) is 0 Å². The molecule has 0 unspecified atom stereocenters. The topological polar surface area (TPSA) is 28.0 Å². The van der Waals surface area contributed by atoms with Crippen LogP contribution in [0.4, 0.5) is 0 Å². The summed E-state index contributed by atoms with van der Waals surface area (Å²) in [7, 11) is 0. The van der Waals surface area contributed by atoms with E-state index >= 15 is 0 Å². The van der Waals surface area contributed by atoms with Crippen LogP contribution in [0.3, 0.4) is 0 Å². The largest absolute Gasteiger partial charge is 0.269 e. The lowest BCUT2D eigenvalue weighted by atomic mass is 10.3. The second kappa shape index (κ2) is 2.10. The summed E-state index contributed by atoms with van der Waals surface area (Å²) in [6, 6.07) is 0. The van der Waals surface area contributed by atoms with Gasteiger partial charge in [-0.3, -0.25) is 4.99 Å². The molecule has 2 rings (SSSR count). The SMILES string of the molecule is [C]1=CC=NN2C=NCC=C12. The van der Waals surface area contributed by atoms with Gasteiger partial charge in [0.15, 0.2) is 0 Å². The van der Waals surface area contributed by atoms with Crippen LogP contribution in [0.25, 0.3) is 0 Å². The molecule has 10 heavy (non-hydrogen) atoms. The van der Waals surface area contributed by atoms with Crippen molar-refractivity contribution in [3.8, 4) is 0 Å². The molecule has 1 radical (unpaired) electrons. The molecule has 0 aliphatic carbocycles. The Morgan fingerprint density at radius 1 is 1.60 bits per heavy atom. The smallest absolute Gasteiger partial charge is 0.112 e. The van der Waals surface area contributed by atoms with Gasteiger partial charge in [0, 0.05) is 12.3 Å². The summed E-state index contributed by atoms with van der Waals surface area (Å²) in [5.74, 6) is 0. The van der Waals surface area contributed by atoms with Crippen molar-refractivity contribution in [3.63, 3.8) is 0 Å². The van der Waals surface area contributed by atoms with Gasteiger partial charge in [-0.25, -0.2) is 5.01 Å². The van der Waals surface area contributed by atoms with Gasteiger partial charge < -0.3 is 0 Å². The van der Waals surface area contributed by atoms with E-state index in [-0.39, 0.29) is 0 Å². The minimum atomic E-state index is 0.738. The van der Waals surface area contributed by atoms with Crippen LogP contribution < -0.4 is 0 Å². The quantitative estimate of drug-likeness (QED) is 0.473. The van der Waals surface area contributed by atoms with Crippen LogP contribution in [0.1, 0.15) is 0 Å². The fourth-order valence-corrected chi connectivity index (χ4v) is 0.864. The van der Waals surface area contributed by atoms with Crippen molar-refractivity contribution in [1.29, 1.82) is 0 Å². The Hall–Kier alpha value is -1.38. The summed E-state index contributed by atoms with van der Waals surface area (Å²) < 4.78 is 0. The number of fused-ring (bicyclic) bond motifs is 1. The Balaban J connectivity index is 2.33. The monoisotopic (exact) mass is 132 g/mol. The van der Waals surface area contributed by atoms with Gasteiger partial charge in [0.1, 0.15) is 6.34 Å². The molecule has 0 aromatic rings. The lowest BCUT2D eigenvalue weighted by Gasteiger charge is -2.18. The van der Waals surface area contributed by atoms with Gasteiger partial charge in [-0.05, 0) is 12.2 Å². The number of aliphatic imine (C=N–C) groups is 1. The molecule has 2 heterocycles. The van der Waals surface area contributed by atoms with Crippen LogP contribution in [-0.2, 0) is 0 Å². The molecule has 0 amide bonds. The van der Waals surface area contributed by atoms with Crippen molar-refractivity contribution in [3.05, 3.63) is 23.9 Å². The number of rotatable bonds is 0. The highest BCUT2D eigenvalue weighted by molar-refractivity contribution is 5.75. The van der Waals surface area contributed by atoms with E-state index in [0.29, 0.717) is 0 Å². The molecule has 0 N–H and O–H groups in total. The summed E-state index contributed by atoms with van der Waals surface area (Å²) in [6.45, 7) is 0.738. The van der Waals surface area contributed by atoms with E-state index in [1.54, 1.807) is 23.6 Å². The van der Waals surface area contributed by atoms with Crippen LogP contribution in [0.15, 0.2) is 27.9 Å². The highest BCUT2D eigenvalue weighted by Crippen LogP contribution is 2.09. The Kier molecular flexibility index (Phi) is 1.13. The molecule has 0 aromatic carbocycles. The maximum Gasteiger partial charge on any atom is 0.112 e. The zero-order valence-corrected chi connectivity index (χ0v) is 5.36. The lowest BCUT2D eigenvalue weighted by molar-refractivity contribution is 0.567. The van der Waals surface area contributed by atoms with Gasteiger partial charge in [0.05, 0.1) is 12.2 Å². The fourth-order valence-electron chi connectivity index (χ4n) is 0.864. The third kappa shape index (κ3) is 0.757. The van der Waals surface area contributed by atoms with Crippen molar-refractivity contribution in [2.75, 3.05) is 6.54 Å². The summed E-state index contributed by atoms with van der Waals surface area (Å²) in [4.78, 5) is 4.02. The average Bonchev–Trinajstić information content (AvgIpc) is 2.05. The van der Waals surface area contributed by atoms with E-state index in [1.807, 2.05) is 6.08 Å². The van der Waals surface area contributed by atoms with Crippen LogP contribution in [0, 0.1) is 6.08 Å². The minimum absolute atomic E-state index is 0.738. The first-order chi connectivity index (χ1) is 4.97. The van der Waals surface area contributed by atoms with E-state index in [9.17, 15) is 0 Å². The van der Waals surface area contributed by atoms with Crippen LogP contribution in [0.2, 0.25) is 0 Å². The Bertz CT molecular complexity index is 248. The maximum absolute atomic E-state index is 4.02. The molecule has 3 heteroatoms. The fraction of sp³-hybridized carbons (Fsp3) is 0.143. The van der Waals surface area contributed by atoms with Gasteiger partial charge in [-0.15, -0.1) is 0 Å². The number of allylic oxidation sites excluding steroid dienone is 2. The zero-order valence-electron chi connectivity index (χ0n) is 5.36. The van der Waals surface area contributed by atoms with E-state index in [4.69, 9.17) is 0 Å². The predicted molar refractivity (Wildman–Crippen MR) is 39.6 cm³/mol. The van der Waals surface area contributed by atoms with Crippen molar-refractivity contribution in [2.45, 2.75) is 0 Å². The molecular formula is C7H6N3. The van der Waals surface area contributed by atoms with Gasteiger partial charge in [-0.2, -0.15) is 5.10 Å². The summed E-state index contributed by atoms with van der Waals surface area (Å²) in [5.41, 5.74) is 0.984. The molecule has 0 saturated heterocycles. The van der Waals surface area contributed by atoms with Crippen LogP contribution in [-0.4, -0.2) is 24.1 Å². The minimum Gasteiger partial charge on any atom is -0.269 e. The molecule has 0 atom stereocenters. The van der Waals surface area contributed by atoms with Crippen molar-refractivity contribution >= 4 is 12.6 Å². The van der Waals surface area contributed by atoms with Gasteiger partial charge in [0.25, 0.3) is 0 Å². The molecule has 2 aliphatic heterocycles. The lowest BCUT2D eigenvalue weighted by Crippen LogP contribution is -2.19. The van der Waals surface area contributed by atoms with E-state index < -0.39 is 0 Å².